The molecule has 11 rings (SSSR count). The monoisotopic (exact) mass is 752 g/mol. The number of fused-ring (bicyclic) bond motifs is 8. The van der Waals surface area contributed by atoms with Crippen molar-refractivity contribution in [3.8, 4) is 11.1 Å². The van der Waals surface area contributed by atoms with Gasteiger partial charge in [-0.2, -0.15) is 0 Å². The smallest absolute Gasteiger partial charge is 0.0720 e. The molecule has 0 fully saturated rings. The van der Waals surface area contributed by atoms with Gasteiger partial charge in [0.15, 0.2) is 0 Å². The van der Waals surface area contributed by atoms with Crippen molar-refractivity contribution < 1.29 is 0 Å². The van der Waals surface area contributed by atoms with Crippen molar-refractivity contribution in [1.29, 1.82) is 0 Å². The summed E-state index contributed by atoms with van der Waals surface area (Å²) in [6.07, 6.45) is 0. The first kappa shape index (κ1) is 34.6. The van der Waals surface area contributed by atoms with Crippen molar-refractivity contribution in [2.24, 2.45) is 0 Å². The van der Waals surface area contributed by atoms with Gasteiger partial charge in [0.2, 0.25) is 0 Å². The molecule has 0 unspecified atom stereocenters. The summed E-state index contributed by atoms with van der Waals surface area (Å²) in [5, 5.41) is 4.97. The average Bonchev–Trinajstić information content (AvgIpc) is 3.63. The number of para-hydroxylation sites is 4. The molecule has 1 aliphatic rings. The van der Waals surface area contributed by atoms with Gasteiger partial charge < -0.3 is 9.80 Å². The van der Waals surface area contributed by atoms with Crippen LogP contribution in [0.2, 0.25) is 0 Å². The van der Waals surface area contributed by atoms with Crippen LogP contribution in [0.3, 0.4) is 0 Å². The minimum Gasteiger partial charge on any atom is -0.310 e. The summed E-state index contributed by atoms with van der Waals surface area (Å²) in [4.78, 5) is 4.75. The van der Waals surface area contributed by atoms with Gasteiger partial charge in [0.1, 0.15) is 0 Å². The minimum atomic E-state index is -0.634. The van der Waals surface area contributed by atoms with Crippen LogP contribution >= 0.6 is 0 Å². The number of nitrogens with zero attached hydrogens (tertiary/aromatic N) is 2. The van der Waals surface area contributed by atoms with Gasteiger partial charge in [-0.05, 0) is 128 Å². The van der Waals surface area contributed by atoms with Gasteiger partial charge in [0.05, 0.1) is 5.41 Å². The minimum absolute atomic E-state index is 0.634. The van der Waals surface area contributed by atoms with Crippen molar-refractivity contribution in [3.63, 3.8) is 0 Å². The number of anilines is 6. The van der Waals surface area contributed by atoms with Crippen molar-refractivity contribution in [3.05, 3.63) is 265 Å². The zero-order valence-corrected chi connectivity index (χ0v) is 32.5. The second-order valence-electron chi connectivity index (χ2n) is 15.3. The van der Waals surface area contributed by atoms with E-state index in [1.807, 2.05) is 0 Å². The van der Waals surface area contributed by atoms with Crippen molar-refractivity contribution in [1.82, 2.24) is 0 Å². The second-order valence-corrected chi connectivity index (χ2v) is 15.3. The van der Waals surface area contributed by atoms with E-state index in [0.29, 0.717) is 0 Å². The topological polar surface area (TPSA) is 6.48 Å². The largest absolute Gasteiger partial charge is 0.310 e. The van der Waals surface area contributed by atoms with Crippen LogP contribution in [0, 0.1) is 0 Å². The van der Waals surface area contributed by atoms with E-state index >= 15 is 0 Å². The Balaban J connectivity index is 1.26. The highest BCUT2D eigenvalue weighted by Gasteiger charge is 2.48. The Kier molecular flexibility index (Phi) is 8.41. The lowest BCUT2D eigenvalue weighted by Gasteiger charge is -2.36. The first-order valence-corrected chi connectivity index (χ1v) is 20.4. The van der Waals surface area contributed by atoms with E-state index in [0.717, 1.165) is 34.1 Å². The molecular weight excluding hydrogens is 713 g/mol. The van der Waals surface area contributed by atoms with E-state index < -0.39 is 5.41 Å². The van der Waals surface area contributed by atoms with Crippen LogP contribution in [0.4, 0.5) is 34.1 Å². The average molecular weight is 753 g/mol. The molecule has 0 saturated carbocycles. The van der Waals surface area contributed by atoms with Crippen LogP contribution in [0.5, 0.6) is 0 Å². The molecule has 0 aromatic heterocycles. The summed E-state index contributed by atoms with van der Waals surface area (Å²) in [7, 11) is 0. The first-order chi connectivity index (χ1) is 29.3. The molecule has 0 spiro atoms. The molecule has 0 amide bonds. The molecule has 1 aliphatic carbocycles. The molecule has 10 aromatic carbocycles. The molecular formula is C57H40N2. The van der Waals surface area contributed by atoms with Gasteiger partial charge in [-0.3, -0.25) is 0 Å². The molecule has 2 nitrogen and oxygen atoms in total. The van der Waals surface area contributed by atoms with Crippen LogP contribution in [-0.4, -0.2) is 0 Å². The Hall–Kier alpha value is -7.68. The van der Waals surface area contributed by atoms with Crippen molar-refractivity contribution >= 4 is 55.7 Å². The van der Waals surface area contributed by atoms with E-state index in [2.05, 4.69) is 252 Å². The molecule has 0 aliphatic heterocycles. The van der Waals surface area contributed by atoms with E-state index in [1.165, 1.54) is 54.9 Å². The third-order valence-corrected chi connectivity index (χ3v) is 12.0. The van der Waals surface area contributed by atoms with Crippen LogP contribution in [0.15, 0.2) is 243 Å². The Morgan fingerprint density at radius 1 is 0.271 bits per heavy atom. The molecule has 0 radical (unpaired) electrons. The fraction of sp³-hybridized carbons (Fsp3) is 0.0175. The van der Waals surface area contributed by atoms with Crippen LogP contribution in [0.25, 0.3) is 32.7 Å². The van der Waals surface area contributed by atoms with Crippen LogP contribution in [-0.2, 0) is 5.41 Å². The van der Waals surface area contributed by atoms with Gasteiger partial charge >= 0.3 is 0 Å². The molecule has 2 heteroatoms. The summed E-state index contributed by atoms with van der Waals surface area (Å²) >= 11 is 0. The molecule has 0 bridgehead atoms. The SMILES string of the molecule is c1ccc(N(c2ccccc2)c2ccc3c(c2)C(c2ccccc2)(c2ccccc2)c2c-3c3ccccc3c3cc(N(c4ccccc4)c4ccccc4)ccc23)cc1. The number of benzene rings is 10. The molecule has 0 saturated heterocycles. The van der Waals surface area contributed by atoms with Crippen LogP contribution in [0.1, 0.15) is 22.3 Å². The summed E-state index contributed by atoms with van der Waals surface area (Å²) in [6.45, 7) is 0. The van der Waals surface area contributed by atoms with E-state index in [9.17, 15) is 0 Å². The maximum absolute atomic E-state index is 2.47. The number of hydrogen-bond donors (Lipinski definition) is 0. The maximum atomic E-state index is 2.47. The molecule has 0 heterocycles. The first-order valence-electron chi connectivity index (χ1n) is 20.4. The third kappa shape index (κ3) is 5.56. The molecule has 10 aromatic rings. The summed E-state index contributed by atoms with van der Waals surface area (Å²) < 4.78 is 0. The lowest BCUT2D eigenvalue weighted by molar-refractivity contribution is 0.776. The highest BCUT2D eigenvalue weighted by Crippen LogP contribution is 2.61. The fourth-order valence-electron chi connectivity index (χ4n) is 9.67. The van der Waals surface area contributed by atoms with E-state index in [1.54, 1.807) is 0 Å². The van der Waals surface area contributed by atoms with Crippen LogP contribution < -0.4 is 9.80 Å². The Labute approximate surface area is 345 Å². The van der Waals surface area contributed by atoms with Gasteiger partial charge in [0, 0.05) is 34.1 Å². The fourth-order valence-corrected chi connectivity index (χ4v) is 9.67. The summed E-state index contributed by atoms with van der Waals surface area (Å²) in [5.74, 6) is 0. The zero-order chi connectivity index (χ0) is 39.2. The molecule has 0 N–H and O–H groups in total. The number of rotatable bonds is 8. The normalized spacial score (nSPS) is 12.5. The lowest BCUT2D eigenvalue weighted by Crippen LogP contribution is -2.29. The molecule has 59 heavy (non-hydrogen) atoms. The zero-order valence-electron chi connectivity index (χ0n) is 32.5. The quantitative estimate of drug-likeness (QED) is 0.143. The standard InChI is InChI=1S/C57H40N2/c1-7-21-41(22-8-1)57(42-23-9-2-10-24-42)54-40-48(59(45-29-15-5-16-30-45)46-31-17-6-18-32-46)36-38-52(54)55-50-34-20-19-33-49(50)53-39-47(35-37-51(53)56(55)57)58(43-25-11-3-12-26-43)44-27-13-4-14-28-44/h1-40H. The van der Waals surface area contributed by atoms with E-state index in [4.69, 9.17) is 0 Å². The predicted octanol–water partition coefficient (Wildman–Crippen LogP) is 15.3. The summed E-state index contributed by atoms with van der Waals surface area (Å²) in [6, 6.07) is 88.5. The highest BCUT2D eigenvalue weighted by atomic mass is 15.1. The van der Waals surface area contributed by atoms with Gasteiger partial charge in [-0.25, -0.2) is 0 Å². The van der Waals surface area contributed by atoms with Gasteiger partial charge in [-0.15, -0.1) is 0 Å². The maximum Gasteiger partial charge on any atom is 0.0720 e. The lowest BCUT2D eigenvalue weighted by atomic mass is 9.66. The van der Waals surface area contributed by atoms with Gasteiger partial charge in [0.25, 0.3) is 0 Å². The Bertz CT molecular complexity index is 2960. The Morgan fingerprint density at radius 2 is 0.661 bits per heavy atom. The number of hydrogen-bond acceptors (Lipinski definition) is 2. The second kappa shape index (κ2) is 14.4. The molecule has 278 valence electrons. The van der Waals surface area contributed by atoms with Crippen molar-refractivity contribution in [2.75, 3.05) is 9.80 Å². The van der Waals surface area contributed by atoms with Gasteiger partial charge in [-0.1, -0.05) is 170 Å². The Morgan fingerprint density at radius 3 is 1.14 bits per heavy atom. The third-order valence-electron chi connectivity index (χ3n) is 12.0. The molecule has 0 atom stereocenters. The predicted molar refractivity (Wildman–Crippen MR) is 248 cm³/mol. The van der Waals surface area contributed by atoms with E-state index in [-0.39, 0.29) is 0 Å². The summed E-state index contributed by atoms with van der Waals surface area (Å²) in [5.41, 5.74) is 13.7. The van der Waals surface area contributed by atoms with Crippen molar-refractivity contribution in [2.45, 2.75) is 5.41 Å². The highest BCUT2D eigenvalue weighted by molar-refractivity contribution is 6.20.